The molecule has 0 aromatic carbocycles. The van der Waals surface area contributed by atoms with Gasteiger partial charge in [0.2, 0.25) is 0 Å². The van der Waals surface area contributed by atoms with Crippen LogP contribution in [-0.2, 0) is 0 Å². The van der Waals surface area contributed by atoms with Crippen LogP contribution < -0.4 is 34.0 Å². The van der Waals surface area contributed by atoms with Crippen molar-refractivity contribution in [3.05, 3.63) is 0 Å². The summed E-state index contributed by atoms with van der Waals surface area (Å²) in [6, 6.07) is 0. The summed E-state index contributed by atoms with van der Waals surface area (Å²) in [7, 11) is -1.31. The zero-order valence-electron chi connectivity index (χ0n) is 27.4. The minimum atomic E-state index is -0.654. The molecule has 0 atom stereocenters. The zero-order valence-corrected chi connectivity index (χ0v) is 32.4. The average Bonchev–Trinajstić information content (AvgIpc) is 2.90. The van der Waals surface area contributed by atoms with Crippen molar-refractivity contribution in [3.63, 3.8) is 0 Å². The van der Waals surface area contributed by atoms with Gasteiger partial charge in [-0.2, -0.15) is 0 Å². The number of hydrogen-bond donors (Lipinski definition) is 0. The second kappa shape index (κ2) is 31.7. The Morgan fingerprint density at radius 2 is 0.395 bits per heavy atom. The molecule has 0 rings (SSSR count). The van der Waals surface area contributed by atoms with Gasteiger partial charge in [0.15, 0.2) is 0 Å². The first kappa shape index (κ1) is 44.3. The molecule has 0 aliphatic rings. The quantitative estimate of drug-likeness (QED) is 0.0585. The number of halogens is 2. The maximum absolute atomic E-state index is 2.40. The summed E-state index contributed by atoms with van der Waals surface area (Å²) in [6.45, 7) is 14.4. The molecule has 0 aromatic heterocycles. The van der Waals surface area contributed by atoms with Gasteiger partial charge in [0.1, 0.15) is 0 Å². The van der Waals surface area contributed by atoms with E-state index in [9.17, 15) is 0 Å². The van der Waals surface area contributed by atoms with E-state index < -0.39 is 14.5 Å². The first-order chi connectivity index (χ1) is 17.6. The lowest BCUT2D eigenvalue weighted by Crippen LogP contribution is -3.00. The standard InChI is InChI=1S/C34H74P2.2BrH/c1-7-13-27-35(28-14-8-2,29-15-9-3)33-25-23-21-19-20-22-24-26-34-36(30-16-10-4,31-17-11-5)32-18-12-6;;/h7-34H2,1-6H3;2*1H/q+2;;/p-2. The smallest absolute Gasteiger partial charge is 0.0594 e. The van der Waals surface area contributed by atoms with Crippen molar-refractivity contribution in [2.24, 2.45) is 0 Å². The molecule has 0 spiro atoms. The van der Waals surface area contributed by atoms with E-state index in [0.717, 1.165) is 0 Å². The van der Waals surface area contributed by atoms with Crippen LogP contribution in [0.15, 0.2) is 0 Å². The third-order valence-electron chi connectivity index (χ3n) is 8.93. The number of unbranched alkanes of at least 4 members (excludes halogenated alkanes) is 13. The molecule has 0 saturated heterocycles. The van der Waals surface area contributed by atoms with E-state index in [4.69, 9.17) is 0 Å². The van der Waals surface area contributed by atoms with Gasteiger partial charge in [-0.15, -0.1) is 0 Å². The summed E-state index contributed by atoms with van der Waals surface area (Å²) in [4.78, 5) is 0. The Balaban J connectivity index is -0.00000612. The van der Waals surface area contributed by atoms with Crippen molar-refractivity contribution in [3.8, 4) is 0 Å². The van der Waals surface area contributed by atoms with Gasteiger partial charge in [0.05, 0.1) is 49.3 Å². The van der Waals surface area contributed by atoms with Crippen molar-refractivity contribution in [2.75, 3.05) is 49.3 Å². The minimum absolute atomic E-state index is 0. The molecule has 0 nitrogen and oxygen atoms in total. The molecule has 0 saturated carbocycles. The van der Waals surface area contributed by atoms with Crippen LogP contribution in [0.3, 0.4) is 0 Å². The fourth-order valence-electron chi connectivity index (χ4n) is 6.26. The van der Waals surface area contributed by atoms with Crippen LogP contribution >= 0.6 is 14.5 Å². The van der Waals surface area contributed by atoms with E-state index in [-0.39, 0.29) is 34.0 Å². The summed E-state index contributed by atoms with van der Waals surface area (Å²) in [5.41, 5.74) is 0. The predicted molar refractivity (Wildman–Crippen MR) is 179 cm³/mol. The van der Waals surface area contributed by atoms with Crippen LogP contribution in [0.25, 0.3) is 0 Å². The highest BCUT2D eigenvalue weighted by Crippen LogP contribution is 2.62. The highest BCUT2D eigenvalue weighted by atomic mass is 79.9. The van der Waals surface area contributed by atoms with E-state index >= 15 is 0 Å². The number of rotatable bonds is 29. The summed E-state index contributed by atoms with van der Waals surface area (Å²) in [5, 5.41) is 0. The first-order valence-electron chi connectivity index (χ1n) is 17.3. The Morgan fingerprint density at radius 3 is 0.579 bits per heavy atom. The second-order valence-corrected chi connectivity index (χ2v) is 21.4. The largest absolute Gasteiger partial charge is 1.00 e. The van der Waals surface area contributed by atoms with E-state index in [0.29, 0.717) is 0 Å². The molecule has 234 valence electrons. The zero-order chi connectivity index (χ0) is 26.8. The Morgan fingerprint density at radius 1 is 0.237 bits per heavy atom. The third kappa shape index (κ3) is 23.4. The highest BCUT2D eigenvalue weighted by Gasteiger charge is 2.35. The average molecular weight is 705 g/mol. The maximum Gasteiger partial charge on any atom is 0.0594 e. The van der Waals surface area contributed by atoms with Gasteiger partial charge < -0.3 is 34.0 Å². The van der Waals surface area contributed by atoms with Gasteiger partial charge in [-0.25, -0.2) is 0 Å². The van der Waals surface area contributed by atoms with Gasteiger partial charge in [-0.1, -0.05) is 106 Å². The van der Waals surface area contributed by atoms with Crippen molar-refractivity contribution >= 4 is 14.5 Å². The molecular weight excluding hydrogens is 630 g/mol. The van der Waals surface area contributed by atoms with Crippen LogP contribution in [0.5, 0.6) is 0 Å². The van der Waals surface area contributed by atoms with Crippen molar-refractivity contribution in [1.29, 1.82) is 0 Å². The molecule has 0 fully saturated rings. The van der Waals surface area contributed by atoms with E-state index in [1.54, 1.807) is 62.1 Å². The van der Waals surface area contributed by atoms with E-state index in [1.807, 2.05) is 0 Å². The van der Waals surface area contributed by atoms with Gasteiger partial charge >= 0.3 is 0 Å². The van der Waals surface area contributed by atoms with Crippen LogP contribution in [0.1, 0.15) is 170 Å². The second-order valence-electron chi connectivity index (χ2n) is 12.4. The topological polar surface area (TPSA) is 0 Å². The SMILES string of the molecule is CCCC[P+](CCCC)(CCCC)CCCCCCCCCC[P+](CCCC)(CCCC)CCCC.[Br-].[Br-]. The van der Waals surface area contributed by atoms with E-state index in [1.165, 1.54) is 116 Å². The Labute approximate surface area is 266 Å². The molecule has 0 heterocycles. The first-order valence-corrected chi connectivity index (χ1v) is 22.3. The van der Waals surface area contributed by atoms with Crippen molar-refractivity contribution in [1.82, 2.24) is 0 Å². The third-order valence-corrected chi connectivity index (χ3v) is 19.1. The molecular formula is C34H74Br2P2. The van der Waals surface area contributed by atoms with E-state index in [2.05, 4.69) is 41.5 Å². The molecule has 0 bridgehead atoms. The Kier molecular flexibility index (Phi) is 37.0. The van der Waals surface area contributed by atoms with Crippen molar-refractivity contribution in [2.45, 2.75) is 170 Å². The van der Waals surface area contributed by atoms with Crippen LogP contribution in [-0.4, -0.2) is 49.3 Å². The predicted octanol–water partition coefficient (Wildman–Crippen LogP) is 6.95. The maximum atomic E-state index is 2.40. The van der Waals surface area contributed by atoms with Gasteiger partial charge in [-0.05, 0) is 64.2 Å². The molecule has 0 unspecified atom stereocenters. The molecule has 0 aliphatic carbocycles. The molecule has 0 radical (unpaired) electrons. The molecule has 4 heteroatoms. The van der Waals surface area contributed by atoms with Gasteiger partial charge in [-0.3, -0.25) is 0 Å². The normalized spacial score (nSPS) is 11.8. The monoisotopic (exact) mass is 702 g/mol. The molecule has 0 amide bonds. The summed E-state index contributed by atoms with van der Waals surface area (Å²) < 4.78 is 0. The fraction of sp³-hybridized carbons (Fsp3) is 1.00. The summed E-state index contributed by atoms with van der Waals surface area (Å²) >= 11 is 0. The highest BCUT2D eigenvalue weighted by molar-refractivity contribution is 7.76. The molecule has 0 aliphatic heterocycles. The molecule has 0 aromatic rings. The Hall–Kier alpha value is 1.82. The van der Waals surface area contributed by atoms with Crippen LogP contribution in [0.2, 0.25) is 0 Å². The van der Waals surface area contributed by atoms with Crippen LogP contribution in [0.4, 0.5) is 0 Å². The Bertz CT molecular complexity index is 361. The lowest BCUT2D eigenvalue weighted by atomic mass is 10.1. The van der Waals surface area contributed by atoms with Gasteiger partial charge in [0.25, 0.3) is 0 Å². The van der Waals surface area contributed by atoms with Crippen molar-refractivity contribution < 1.29 is 34.0 Å². The molecule has 38 heavy (non-hydrogen) atoms. The minimum Gasteiger partial charge on any atom is -1.00 e. The lowest BCUT2D eigenvalue weighted by molar-refractivity contribution is -0.001000. The molecule has 0 N–H and O–H groups in total. The summed E-state index contributed by atoms with van der Waals surface area (Å²) in [5.74, 6) is 0. The summed E-state index contributed by atoms with van der Waals surface area (Å²) in [6.07, 6.45) is 42.5. The van der Waals surface area contributed by atoms with Gasteiger partial charge in [0, 0.05) is 14.5 Å². The fourth-order valence-corrected chi connectivity index (χ4v) is 16.7. The lowest BCUT2D eigenvalue weighted by Gasteiger charge is -2.28. The van der Waals surface area contributed by atoms with Crippen LogP contribution in [0, 0.1) is 0 Å². The number of hydrogen-bond acceptors (Lipinski definition) is 0.